The van der Waals surface area contributed by atoms with Crippen LogP contribution in [0.1, 0.15) is 38.3 Å². The third-order valence-corrected chi connectivity index (χ3v) is 2.93. The van der Waals surface area contributed by atoms with E-state index >= 15 is 0 Å². The predicted octanol–water partition coefficient (Wildman–Crippen LogP) is 2.98. The molecule has 18 heavy (non-hydrogen) atoms. The van der Waals surface area contributed by atoms with Gasteiger partial charge in [-0.15, -0.1) is 0 Å². The predicted molar refractivity (Wildman–Crippen MR) is 71.5 cm³/mol. The van der Waals surface area contributed by atoms with Gasteiger partial charge in [0.1, 0.15) is 5.75 Å². The van der Waals surface area contributed by atoms with Crippen LogP contribution in [0.15, 0.2) is 35.9 Å². The smallest absolute Gasteiger partial charge is 0.244 e. The summed E-state index contributed by atoms with van der Waals surface area (Å²) >= 11 is 0. The average molecular weight is 245 g/mol. The molecular formula is C15H19NO2. The van der Waals surface area contributed by atoms with Crippen LogP contribution in [-0.4, -0.2) is 12.5 Å². The molecule has 0 aliphatic carbocycles. The zero-order valence-electron chi connectivity index (χ0n) is 10.9. The Bertz CT molecular complexity index is 461. The topological polar surface area (TPSA) is 38.3 Å². The van der Waals surface area contributed by atoms with E-state index in [0.29, 0.717) is 6.61 Å². The molecule has 1 amide bonds. The number of fused-ring (bicyclic) bond motifs is 1. The summed E-state index contributed by atoms with van der Waals surface area (Å²) in [5.74, 6) is 0.856. The highest BCUT2D eigenvalue weighted by molar-refractivity contribution is 5.88. The van der Waals surface area contributed by atoms with Crippen LogP contribution in [0.4, 0.5) is 0 Å². The number of rotatable bonds is 2. The minimum Gasteiger partial charge on any atom is -0.493 e. The minimum absolute atomic E-state index is 0.0308. The molecule has 0 saturated heterocycles. The van der Waals surface area contributed by atoms with Gasteiger partial charge in [-0.2, -0.15) is 0 Å². The number of amides is 1. The third-order valence-electron chi connectivity index (χ3n) is 2.93. The second-order valence-electron chi connectivity index (χ2n) is 4.81. The van der Waals surface area contributed by atoms with Crippen LogP contribution >= 0.6 is 0 Å². The van der Waals surface area contributed by atoms with Crippen molar-refractivity contribution in [3.05, 3.63) is 41.5 Å². The molecule has 1 aliphatic rings. The molecule has 0 radical (unpaired) electrons. The Labute approximate surface area is 108 Å². The average Bonchev–Trinajstić information content (AvgIpc) is 2.51. The quantitative estimate of drug-likeness (QED) is 0.813. The lowest BCUT2D eigenvalue weighted by Gasteiger charge is -2.17. The van der Waals surface area contributed by atoms with Crippen molar-refractivity contribution < 1.29 is 9.53 Å². The maximum Gasteiger partial charge on any atom is 0.244 e. The maximum absolute atomic E-state index is 11.8. The van der Waals surface area contributed by atoms with Crippen molar-refractivity contribution in [1.82, 2.24) is 5.32 Å². The Kier molecular flexibility index (Phi) is 4.03. The molecule has 1 aromatic carbocycles. The van der Waals surface area contributed by atoms with E-state index in [1.54, 1.807) is 6.08 Å². The number of ether oxygens (including phenoxy) is 1. The molecule has 0 saturated carbocycles. The van der Waals surface area contributed by atoms with Gasteiger partial charge in [0.15, 0.2) is 0 Å². The zero-order valence-corrected chi connectivity index (χ0v) is 10.9. The molecule has 2 rings (SSSR count). The number of carbonyl (C=O) groups is 1. The summed E-state index contributed by atoms with van der Waals surface area (Å²) in [7, 11) is 0. The Morgan fingerprint density at radius 2 is 2.17 bits per heavy atom. The van der Waals surface area contributed by atoms with E-state index < -0.39 is 0 Å². The van der Waals surface area contributed by atoms with E-state index in [1.807, 2.05) is 38.1 Å². The van der Waals surface area contributed by atoms with Crippen molar-refractivity contribution in [3.8, 4) is 5.75 Å². The molecule has 1 atom stereocenters. The molecule has 0 fully saturated rings. The van der Waals surface area contributed by atoms with Crippen LogP contribution in [0.5, 0.6) is 5.75 Å². The van der Waals surface area contributed by atoms with E-state index in [2.05, 4.69) is 5.32 Å². The van der Waals surface area contributed by atoms with Gasteiger partial charge < -0.3 is 10.1 Å². The molecule has 1 N–H and O–H groups in total. The van der Waals surface area contributed by atoms with Crippen LogP contribution in [0, 0.1) is 0 Å². The molecule has 0 spiro atoms. The summed E-state index contributed by atoms with van der Waals surface area (Å²) in [4.78, 5) is 11.8. The van der Waals surface area contributed by atoms with Gasteiger partial charge in [0, 0.05) is 11.6 Å². The van der Waals surface area contributed by atoms with E-state index in [-0.39, 0.29) is 11.9 Å². The van der Waals surface area contributed by atoms with Gasteiger partial charge in [0.05, 0.1) is 12.6 Å². The minimum atomic E-state index is -0.0308. The Morgan fingerprint density at radius 1 is 1.39 bits per heavy atom. The lowest BCUT2D eigenvalue weighted by molar-refractivity contribution is -0.117. The van der Waals surface area contributed by atoms with Gasteiger partial charge in [-0.1, -0.05) is 23.8 Å². The molecular weight excluding hydrogens is 226 g/mol. The molecule has 96 valence electrons. The van der Waals surface area contributed by atoms with Crippen molar-refractivity contribution >= 4 is 5.91 Å². The molecule has 1 unspecified atom stereocenters. The van der Waals surface area contributed by atoms with Crippen LogP contribution in [-0.2, 0) is 4.79 Å². The monoisotopic (exact) mass is 245 g/mol. The fourth-order valence-electron chi connectivity index (χ4n) is 2.15. The maximum atomic E-state index is 11.8. The largest absolute Gasteiger partial charge is 0.493 e. The number of hydrogen-bond donors (Lipinski definition) is 1. The van der Waals surface area contributed by atoms with Crippen LogP contribution < -0.4 is 10.1 Å². The number of carbonyl (C=O) groups excluding carboxylic acids is 1. The van der Waals surface area contributed by atoms with Gasteiger partial charge in [-0.3, -0.25) is 4.79 Å². The normalized spacial score (nSPS) is 18.0. The first-order valence-corrected chi connectivity index (χ1v) is 6.34. The molecule has 0 aromatic heterocycles. The standard InChI is InChI=1S/C15H19NO2/c1-11(2)10-15(17)16-13-7-5-9-18-14-8-4-3-6-12(13)14/h3-4,6,8,10,13H,5,7,9H2,1-2H3,(H,16,17). The summed E-state index contributed by atoms with van der Waals surface area (Å²) in [5.41, 5.74) is 2.08. The summed E-state index contributed by atoms with van der Waals surface area (Å²) in [5, 5.41) is 3.05. The molecule has 3 heteroatoms. The van der Waals surface area contributed by atoms with Crippen LogP contribution in [0.25, 0.3) is 0 Å². The molecule has 1 heterocycles. The second-order valence-corrected chi connectivity index (χ2v) is 4.81. The lowest BCUT2D eigenvalue weighted by atomic mass is 10.0. The Balaban J connectivity index is 2.18. The molecule has 0 bridgehead atoms. The van der Waals surface area contributed by atoms with E-state index in [0.717, 1.165) is 29.7 Å². The Morgan fingerprint density at radius 3 is 2.94 bits per heavy atom. The van der Waals surface area contributed by atoms with Gasteiger partial charge in [0.2, 0.25) is 5.91 Å². The summed E-state index contributed by atoms with van der Waals surface area (Å²) in [6, 6.07) is 7.97. The fraction of sp³-hybridized carbons (Fsp3) is 0.400. The molecule has 1 aliphatic heterocycles. The number of hydrogen-bond acceptors (Lipinski definition) is 2. The first-order valence-electron chi connectivity index (χ1n) is 6.34. The van der Waals surface area contributed by atoms with Gasteiger partial charge >= 0.3 is 0 Å². The Hall–Kier alpha value is -1.77. The van der Waals surface area contributed by atoms with E-state index in [1.165, 1.54) is 0 Å². The van der Waals surface area contributed by atoms with Crippen molar-refractivity contribution in [3.63, 3.8) is 0 Å². The van der Waals surface area contributed by atoms with Crippen molar-refractivity contribution in [1.29, 1.82) is 0 Å². The highest BCUT2D eigenvalue weighted by Gasteiger charge is 2.20. The highest BCUT2D eigenvalue weighted by atomic mass is 16.5. The van der Waals surface area contributed by atoms with Crippen molar-refractivity contribution in [2.24, 2.45) is 0 Å². The number of nitrogens with one attached hydrogen (secondary N) is 1. The number of allylic oxidation sites excluding steroid dienone is 1. The zero-order chi connectivity index (χ0) is 13.0. The molecule has 1 aromatic rings. The van der Waals surface area contributed by atoms with E-state index in [4.69, 9.17) is 4.74 Å². The number of para-hydroxylation sites is 1. The summed E-state index contributed by atoms with van der Waals surface area (Å²) < 4.78 is 5.67. The van der Waals surface area contributed by atoms with E-state index in [9.17, 15) is 4.79 Å². The van der Waals surface area contributed by atoms with Crippen LogP contribution in [0.3, 0.4) is 0 Å². The number of benzene rings is 1. The highest BCUT2D eigenvalue weighted by Crippen LogP contribution is 2.30. The second kappa shape index (κ2) is 5.71. The summed E-state index contributed by atoms with van der Waals surface area (Å²) in [6.45, 7) is 4.56. The fourth-order valence-corrected chi connectivity index (χ4v) is 2.15. The SMILES string of the molecule is CC(C)=CC(=O)NC1CCCOc2ccccc21. The summed E-state index contributed by atoms with van der Waals surface area (Å²) in [6.07, 6.45) is 3.50. The van der Waals surface area contributed by atoms with Gasteiger partial charge in [0.25, 0.3) is 0 Å². The van der Waals surface area contributed by atoms with Gasteiger partial charge in [-0.25, -0.2) is 0 Å². The van der Waals surface area contributed by atoms with Crippen molar-refractivity contribution in [2.45, 2.75) is 32.7 Å². The van der Waals surface area contributed by atoms with Crippen molar-refractivity contribution in [2.75, 3.05) is 6.61 Å². The lowest BCUT2D eigenvalue weighted by Crippen LogP contribution is -2.26. The first kappa shape index (κ1) is 12.7. The third kappa shape index (κ3) is 3.13. The van der Waals surface area contributed by atoms with Crippen LogP contribution in [0.2, 0.25) is 0 Å². The molecule has 3 nitrogen and oxygen atoms in total. The first-order chi connectivity index (χ1) is 8.66. The van der Waals surface area contributed by atoms with Gasteiger partial charge in [-0.05, 0) is 32.8 Å².